The van der Waals surface area contributed by atoms with E-state index >= 15 is 0 Å². The molecule has 3 heteroatoms. The Morgan fingerprint density at radius 3 is 2.65 bits per heavy atom. The topological polar surface area (TPSA) is 35.5 Å². The molecule has 0 bridgehead atoms. The number of aliphatic hydroxyl groups excluding tert-OH is 1. The first kappa shape index (κ1) is 16.3. The first-order valence-corrected chi connectivity index (χ1v) is 8.67. The molecule has 118 valence electrons. The normalized spacial score (nSPS) is 39.6. The van der Waals surface area contributed by atoms with Gasteiger partial charge in [-0.3, -0.25) is 4.90 Å². The molecule has 0 aromatic heterocycles. The molecule has 1 heterocycles. The van der Waals surface area contributed by atoms with Crippen LogP contribution >= 0.6 is 0 Å². The van der Waals surface area contributed by atoms with Gasteiger partial charge in [-0.25, -0.2) is 0 Å². The summed E-state index contributed by atoms with van der Waals surface area (Å²) < 4.78 is 0. The SMILES string of the molecule is CCC1CCC(C)N1C1CCCC(CO)(NC(C)C)C1. The Kier molecular flexibility index (Phi) is 5.49. The van der Waals surface area contributed by atoms with Crippen LogP contribution in [0.1, 0.15) is 72.6 Å². The summed E-state index contributed by atoms with van der Waals surface area (Å²) in [7, 11) is 0. The quantitative estimate of drug-likeness (QED) is 0.814. The van der Waals surface area contributed by atoms with E-state index in [1.165, 1.54) is 32.1 Å². The van der Waals surface area contributed by atoms with Gasteiger partial charge in [0.1, 0.15) is 0 Å². The Balaban J connectivity index is 2.08. The van der Waals surface area contributed by atoms with Gasteiger partial charge in [0, 0.05) is 29.7 Å². The maximum Gasteiger partial charge on any atom is 0.0613 e. The molecule has 0 aromatic carbocycles. The summed E-state index contributed by atoms with van der Waals surface area (Å²) in [5.74, 6) is 0. The Labute approximate surface area is 125 Å². The highest BCUT2D eigenvalue weighted by molar-refractivity contribution is 5.00. The second kappa shape index (κ2) is 6.76. The zero-order valence-corrected chi connectivity index (χ0v) is 13.9. The standard InChI is InChI=1S/C17H34N2O/c1-5-15-9-8-14(4)19(15)16-7-6-10-17(11-16,12-20)18-13(2)3/h13-16,18,20H,5-12H2,1-4H3. The van der Waals surface area contributed by atoms with Crippen molar-refractivity contribution in [3.63, 3.8) is 0 Å². The van der Waals surface area contributed by atoms with E-state index in [9.17, 15) is 5.11 Å². The van der Waals surface area contributed by atoms with Gasteiger partial charge in [0.05, 0.1) is 6.61 Å². The van der Waals surface area contributed by atoms with E-state index in [0.717, 1.165) is 24.9 Å². The summed E-state index contributed by atoms with van der Waals surface area (Å²) in [5, 5.41) is 13.6. The summed E-state index contributed by atoms with van der Waals surface area (Å²) in [6.07, 6.45) is 8.76. The zero-order chi connectivity index (χ0) is 14.8. The number of nitrogens with zero attached hydrogens (tertiary/aromatic N) is 1. The van der Waals surface area contributed by atoms with Crippen LogP contribution in [0.15, 0.2) is 0 Å². The van der Waals surface area contributed by atoms with Gasteiger partial charge >= 0.3 is 0 Å². The van der Waals surface area contributed by atoms with Gasteiger partial charge in [-0.2, -0.15) is 0 Å². The molecule has 2 N–H and O–H groups in total. The monoisotopic (exact) mass is 282 g/mol. The number of hydrogen-bond acceptors (Lipinski definition) is 3. The fourth-order valence-corrected chi connectivity index (χ4v) is 4.68. The Bertz CT molecular complexity index is 307. The van der Waals surface area contributed by atoms with Gasteiger partial charge in [-0.05, 0) is 51.9 Å². The van der Waals surface area contributed by atoms with Crippen molar-refractivity contribution in [1.82, 2.24) is 10.2 Å². The second-order valence-electron chi connectivity index (χ2n) is 7.42. The fraction of sp³-hybridized carbons (Fsp3) is 1.00. The van der Waals surface area contributed by atoms with Gasteiger partial charge in [-0.1, -0.05) is 20.8 Å². The van der Waals surface area contributed by atoms with Crippen LogP contribution in [0.5, 0.6) is 0 Å². The summed E-state index contributed by atoms with van der Waals surface area (Å²) in [4.78, 5) is 2.78. The molecule has 20 heavy (non-hydrogen) atoms. The molecular weight excluding hydrogens is 248 g/mol. The lowest BCUT2D eigenvalue weighted by molar-refractivity contribution is 0.0336. The maximum absolute atomic E-state index is 9.96. The van der Waals surface area contributed by atoms with Gasteiger partial charge < -0.3 is 10.4 Å². The Hall–Kier alpha value is -0.120. The number of nitrogens with one attached hydrogen (secondary N) is 1. The lowest BCUT2D eigenvalue weighted by Gasteiger charge is -2.47. The third kappa shape index (κ3) is 3.37. The van der Waals surface area contributed by atoms with Gasteiger partial charge in [-0.15, -0.1) is 0 Å². The predicted molar refractivity (Wildman–Crippen MR) is 85.0 cm³/mol. The molecule has 4 atom stereocenters. The minimum atomic E-state index is -0.0440. The average Bonchev–Trinajstić information content (AvgIpc) is 2.79. The maximum atomic E-state index is 9.96. The molecule has 4 unspecified atom stereocenters. The van der Waals surface area contributed by atoms with Crippen molar-refractivity contribution in [2.45, 2.75) is 102 Å². The van der Waals surface area contributed by atoms with Crippen LogP contribution in [0.2, 0.25) is 0 Å². The van der Waals surface area contributed by atoms with Crippen LogP contribution in [0.25, 0.3) is 0 Å². The first-order chi connectivity index (χ1) is 9.51. The van der Waals surface area contributed by atoms with Crippen molar-refractivity contribution < 1.29 is 5.11 Å². The molecule has 1 aliphatic heterocycles. The summed E-state index contributed by atoms with van der Waals surface area (Å²) in [6, 6.07) is 2.59. The van der Waals surface area contributed by atoms with Crippen molar-refractivity contribution in [2.75, 3.05) is 6.61 Å². The van der Waals surface area contributed by atoms with E-state index in [1.807, 2.05) is 0 Å². The third-order valence-electron chi connectivity index (χ3n) is 5.46. The number of rotatable bonds is 5. The number of likely N-dealkylation sites (tertiary alicyclic amines) is 1. The minimum absolute atomic E-state index is 0.0440. The lowest BCUT2D eigenvalue weighted by Crippen LogP contribution is -2.58. The van der Waals surface area contributed by atoms with Gasteiger partial charge in [0.15, 0.2) is 0 Å². The molecule has 1 saturated carbocycles. The zero-order valence-electron chi connectivity index (χ0n) is 13.9. The molecule has 0 amide bonds. The highest BCUT2D eigenvalue weighted by Gasteiger charge is 2.42. The Morgan fingerprint density at radius 2 is 2.05 bits per heavy atom. The van der Waals surface area contributed by atoms with Gasteiger partial charge in [0.2, 0.25) is 0 Å². The highest BCUT2D eigenvalue weighted by atomic mass is 16.3. The summed E-state index contributed by atoms with van der Waals surface area (Å²) in [6.45, 7) is 9.37. The molecule has 1 saturated heterocycles. The Morgan fingerprint density at radius 1 is 1.30 bits per heavy atom. The average molecular weight is 282 g/mol. The van der Waals surface area contributed by atoms with Crippen molar-refractivity contribution in [1.29, 1.82) is 0 Å². The molecule has 0 aromatic rings. The summed E-state index contributed by atoms with van der Waals surface area (Å²) >= 11 is 0. The molecule has 1 aliphatic carbocycles. The number of hydrogen-bond donors (Lipinski definition) is 2. The van der Waals surface area contributed by atoms with Crippen molar-refractivity contribution in [3.05, 3.63) is 0 Å². The van der Waals surface area contributed by atoms with Crippen LogP contribution < -0.4 is 5.32 Å². The van der Waals surface area contributed by atoms with Crippen LogP contribution in [0.3, 0.4) is 0 Å². The lowest BCUT2D eigenvalue weighted by atomic mass is 9.78. The van der Waals surface area contributed by atoms with Crippen LogP contribution in [0, 0.1) is 0 Å². The molecule has 2 fully saturated rings. The molecule has 0 radical (unpaired) electrons. The van der Waals surface area contributed by atoms with Gasteiger partial charge in [0.25, 0.3) is 0 Å². The van der Waals surface area contributed by atoms with Crippen LogP contribution in [0.4, 0.5) is 0 Å². The van der Waals surface area contributed by atoms with Crippen molar-refractivity contribution >= 4 is 0 Å². The molecule has 2 aliphatic rings. The van der Waals surface area contributed by atoms with Crippen LogP contribution in [-0.4, -0.2) is 46.3 Å². The third-order valence-corrected chi connectivity index (χ3v) is 5.46. The smallest absolute Gasteiger partial charge is 0.0613 e. The predicted octanol–water partition coefficient (Wildman–Crippen LogP) is 2.92. The highest BCUT2D eigenvalue weighted by Crippen LogP contribution is 2.37. The first-order valence-electron chi connectivity index (χ1n) is 8.67. The second-order valence-corrected chi connectivity index (χ2v) is 7.42. The van der Waals surface area contributed by atoms with E-state index in [2.05, 4.69) is 37.9 Å². The minimum Gasteiger partial charge on any atom is -0.394 e. The number of aliphatic hydroxyl groups is 1. The van der Waals surface area contributed by atoms with Crippen molar-refractivity contribution in [3.8, 4) is 0 Å². The molecule has 3 nitrogen and oxygen atoms in total. The van der Waals surface area contributed by atoms with E-state index in [1.54, 1.807) is 0 Å². The van der Waals surface area contributed by atoms with E-state index in [-0.39, 0.29) is 12.1 Å². The van der Waals surface area contributed by atoms with Crippen molar-refractivity contribution in [2.24, 2.45) is 0 Å². The molecular formula is C17H34N2O. The molecule has 2 rings (SSSR count). The van der Waals surface area contributed by atoms with Crippen LogP contribution in [-0.2, 0) is 0 Å². The fourth-order valence-electron chi connectivity index (χ4n) is 4.68. The summed E-state index contributed by atoms with van der Waals surface area (Å²) in [5.41, 5.74) is -0.0440. The van der Waals surface area contributed by atoms with E-state index < -0.39 is 0 Å². The van der Waals surface area contributed by atoms with E-state index in [4.69, 9.17) is 0 Å². The largest absolute Gasteiger partial charge is 0.394 e. The van der Waals surface area contributed by atoms with E-state index in [0.29, 0.717) is 12.1 Å². The molecule has 0 spiro atoms.